The number of hydrogen-bond acceptors (Lipinski definition) is 4. The highest BCUT2D eigenvalue weighted by molar-refractivity contribution is 7.89. The van der Waals surface area contributed by atoms with Gasteiger partial charge in [0.25, 0.3) is 0 Å². The van der Waals surface area contributed by atoms with Gasteiger partial charge in [-0.05, 0) is 35.9 Å². The predicted molar refractivity (Wildman–Crippen MR) is 120 cm³/mol. The lowest BCUT2D eigenvalue weighted by atomic mass is 10.1. The highest BCUT2D eigenvalue weighted by Crippen LogP contribution is 2.30. The molecule has 1 heterocycles. The Morgan fingerprint density at radius 2 is 1.71 bits per heavy atom. The summed E-state index contributed by atoms with van der Waals surface area (Å²) in [6.07, 6.45) is -4.49. The van der Waals surface area contributed by atoms with E-state index in [1.54, 1.807) is 0 Å². The van der Waals surface area contributed by atoms with E-state index >= 15 is 0 Å². The zero-order chi connectivity index (χ0) is 25.3. The Morgan fingerprint density at radius 1 is 1.06 bits per heavy atom. The molecule has 0 radical (unpaired) electrons. The molecule has 1 N–H and O–H groups in total. The molecule has 0 spiro atoms. The van der Waals surface area contributed by atoms with E-state index < -0.39 is 33.7 Å². The molecule has 0 aliphatic carbocycles. The monoisotopic (exact) mass is 537 g/mol. The van der Waals surface area contributed by atoms with Gasteiger partial charge in [0.05, 0.1) is 20.5 Å². The first kappa shape index (κ1) is 26.3. The molecule has 7 nitrogen and oxygen atoms in total. The largest absolute Gasteiger partial charge is 0.416 e. The van der Waals surface area contributed by atoms with Gasteiger partial charge in [-0.15, -0.1) is 0 Å². The minimum absolute atomic E-state index is 0.0217. The summed E-state index contributed by atoms with van der Waals surface area (Å²) >= 11 is 11.8. The van der Waals surface area contributed by atoms with Crippen LogP contribution in [0.5, 0.6) is 0 Å². The highest BCUT2D eigenvalue weighted by atomic mass is 35.5. The van der Waals surface area contributed by atoms with Crippen LogP contribution in [0, 0.1) is 0 Å². The predicted octanol–water partition coefficient (Wildman–Crippen LogP) is 3.55. The van der Waals surface area contributed by atoms with Crippen LogP contribution in [0.1, 0.15) is 18.1 Å². The average molecular weight is 538 g/mol. The third-order valence-corrected chi connectivity index (χ3v) is 7.97. The van der Waals surface area contributed by atoms with E-state index in [-0.39, 0.29) is 47.0 Å². The van der Waals surface area contributed by atoms with E-state index in [1.165, 1.54) is 42.2 Å². The molecular weight excluding hydrogens is 518 g/mol. The SMILES string of the molecule is CC(=O)N1CCN(S(=O)(=O)c2ccc(Cl)c(Cl)c2)C(C(=O)NCc2ccc(C(F)(F)F)cc2)C1. The van der Waals surface area contributed by atoms with Crippen molar-refractivity contribution in [2.24, 2.45) is 0 Å². The van der Waals surface area contributed by atoms with Crippen molar-refractivity contribution in [1.82, 2.24) is 14.5 Å². The fraction of sp³-hybridized carbons (Fsp3) is 0.333. The number of alkyl halides is 3. The molecule has 13 heteroatoms. The Labute approximate surface area is 204 Å². The van der Waals surface area contributed by atoms with Gasteiger partial charge in [-0.25, -0.2) is 8.42 Å². The molecule has 184 valence electrons. The van der Waals surface area contributed by atoms with Crippen LogP contribution in [0.15, 0.2) is 47.4 Å². The first-order valence-corrected chi connectivity index (χ1v) is 12.2. The number of rotatable bonds is 5. The van der Waals surface area contributed by atoms with Gasteiger partial charge in [-0.3, -0.25) is 9.59 Å². The van der Waals surface area contributed by atoms with E-state index in [0.717, 1.165) is 16.4 Å². The van der Waals surface area contributed by atoms with Gasteiger partial charge in [0, 0.05) is 33.1 Å². The van der Waals surface area contributed by atoms with Crippen LogP contribution in [0.4, 0.5) is 13.2 Å². The zero-order valence-corrected chi connectivity index (χ0v) is 20.1. The number of sulfonamides is 1. The van der Waals surface area contributed by atoms with E-state index in [0.29, 0.717) is 5.56 Å². The fourth-order valence-electron chi connectivity index (χ4n) is 3.44. The van der Waals surface area contributed by atoms with E-state index in [1.807, 2.05) is 0 Å². The smallest absolute Gasteiger partial charge is 0.351 e. The normalized spacial score (nSPS) is 17.5. The van der Waals surface area contributed by atoms with Gasteiger partial charge in [0.15, 0.2) is 0 Å². The third kappa shape index (κ3) is 5.83. The van der Waals surface area contributed by atoms with Gasteiger partial charge in [-0.2, -0.15) is 17.5 Å². The standard InChI is InChI=1S/C21H20Cl2F3N3O4S/c1-13(30)28-8-9-29(34(32,33)16-6-7-17(22)18(23)10-16)19(12-28)20(31)27-11-14-2-4-15(5-3-14)21(24,25)26/h2-7,10,19H,8-9,11-12H2,1H3,(H,27,31). The van der Waals surface area contributed by atoms with Crippen molar-refractivity contribution in [2.75, 3.05) is 19.6 Å². The summed E-state index contributed by atoms with van der Waals surface area (Å²) in [4.78, 5) is 26.0. The Hall–Kier alpha value is -2.34. The Balaban J connectivity index is 1.82. The Bertz CT molecular complexity index is 1190. The number of hydrogen-bond donors (Lipinski definition) is 1. The van der Waals surface area contributed by atoms with Crippen LogP contribution in [-0.4, -0.2) is 55.1 Å². The number of amides is 2. The summed E-state index contributed by atoms with van der Waals surface area (Å²) in [6, 6.07) is 6.72. The molecule has 2 aromatic carbocycles. The van der Waals surface area contributed by atoms with Crippen LogP contribution in [0.3, 0.4) is 0 Å². The van der Waals surface area contributed by atoms with Crippen molar-refractivity contribution < 1.29 is 31.2 Å². The van der Waals surface area contributed by atoms with Gasteiger partial charge in [0.1, 0.15) is 6.04 Å². The first-order chi connectivity index (χ1) is 15.8. The van der Waals surface area contributed by atoms with Crippen LogP contribution in [-0.2, 0) is 32.3 Å². The van der Waals surface area contributed by atoms with E-state index in [2.05, 4.69) is 5.32 Å². The molecule has 1 aliphatic heterocycles. The average Bonchev–Trinajstić information content (AvgIpc) is 2.78. The van der Waals surface area contributed by atoms with Crippen molar-refractivity contribution in [3.05, 3.63) is 63.6 Å². The first-order valence-electron chi connectivity index (χ1n) is 9.97. The molecule has 1 unspecified atom stereocenters. The zero-order valence-electron chi connectivity index (χ0n) is 17.8. The third-order valence-electron chi connectivity index (χ3n) is 5.32. The highest BCUT2D eigenvalue weighted by Gasteiger charge is 2.41. The van der Waals surface area contributed by atoms with Gasteiger partial charge in [-0.1, -0.05) is 35.3 Å². The minimum Gasteiger partial charge on any atom is -0.351 e. The molecule has 2 aromatic rings. The topological polar surface area (TPSA) is 86.8 Å². The van der Waals surface area contributed by atoms with Crippen molar-refractivity contribution in [2.45, 2.75) is 30.6 Å². The molecule has 1 saturated heterocycles. The van der Waals surface area contributed by atoms with Crippen LogP contribution < -0.4 is 5.32 Å². The summed E-state index contributed by atoms with van der Waals surface area (Å²) < 4.78 is 65.8. The molecular formula is C21H20Cl2F3N3O4S. The van der Waals surface area contributed by atoms with E-state index in [4.69, 9.17) is 23.2 Å². The number of nitrogens with zero attached hydrogens (tertiary/aromatic N) is 2. The summed E-state index contributed by atoms with van der Waals surface area (Å²) in [5.74, 6) is -1.03. The van der Waals surface area contributed by atoms with Gasteiger partial charge < -0.3 is 10.2 Å². The second-order valence-electron chi connectivity index (χ2n) is 7.58. The summed E-state index contributed by atoms with van der Waals surface area (Å²) in [7, 11) is -4.18. The summed E-state index contributed by atoms with van der Waals surface area (Å²) in [5, 5.41) is 2.73. The fourth-order valence-corrected chi connectivity index (χ4v) is 5.40. The molecule has 2 amide bonds. The van der Waals surface area contributed by atoms with Crippen molar-refractivity contribution in [3.8, 4) is 0 Å². The minimum atomic E-state index is -4.49. The van der Waals surface area contributed by atoms with Crippen LogP contribution in [0.25, 0.3) is 0 Å². The maximum atomic E-state index is 13.3. The Morgan fingerprint density at radius 3 is 2.26 bits per heavy atom. The van der Waals surface area contributed by atoms with Gasteiger partial charge in [0.2, 0.25) is 21.8 Å². The number of halogens is 5. The number of carbonyl (C=O) groups excluding carboxylic acids is 2. The molecule has 1 aliphatic rings. The molecule has 1 fully saturated rings. The van der Waals surface area contributed by atoms with Crippen LogP contribution >= 0.6 is 23.2 Å². The van der Waals surface area contributed by atoms with Crippen molar-refractivity contribution in [1.29, 1.82) is 0 Å². The number of carbonyl (C=O) groups is 2. The van der Waals surface area contributed by atoms with Crippen molar-refractivity contribution in [3.63, 3.8) is 0 Å². The van der Waals surface area contributed by atoms with Crippen LogP contribution in [0.2, 0.25) is 10.0 Å². The lowest BCUT2D eigenvalue weighted by Gasteiger charge is -2.39. The number of nitrogens with one attached hydrogen (secondary N) is 1. The maximum Gasteiger partial charge on any atom is 0.416 e. The second-order valence-corrected chi connectivity index (χ2v) is 10.3. The van der Waals surface area contributed by atoms with Crippen molar-refractivity contribution >= 4 is 45.0 Å². The quantitative estimate of drug-likeness (QED) is 0.631. The van der Waals surface area contributed by atoms with E-state index in [9.17, 15) is 31.2 Å². The molecule has 0 saturated carbocycles. The molecule has 0 aromatic heterocycles. The van der Waals surface area contributed by atoms with Gasteiger partial charge >= 0.3 is 6.18 Å². The lowest BCUT2D eigenvalue weighted by molar-refractivity contribution is -0.138. The molecule has 1 atom stereocenters. The molecule has 0 bridgehead atoms. The number of benzene rings is 2. The molecule has 3 rings (SSSR count). The summed E-state index contributed by atoms with van der Waals surface area (Å²) in [6.45, 7) is 0.933. The molecule has 34 heavy (non-hydrogen) atoms. The summed E-state index contributed by atoms with van der Waals surface area (Å²) in [5.41, 5.74) is -0.440. The number of piperazine rings is 1. The second kappa shape index (κ2) is 10.1. The maximum absolute atomic E-state index is 13.3. The lowest BCUT2D eigenvalue weighted by Crippen LogP contribution is -2.61. The Kier molecular flexibility index (Phi) is 7.81.